The zero-order valence-electron chi connectivity index (χ0n) is 13.4. The summed E-state index contributed by atoms with van der Waals surface area (Å²) in [5.41, 5.74) is 1.33. The molecule has 0 aromatic carbocycles. The van der Waals surface area contributed by atoms with Crippen molar-refractivity contribution in [2.45, 2.75) is 71.9 Å². The SMILES string of the molecule is CCNCc1sc(N2CCCC2CC)nc1C(C)CC. The molecule has 0 bridgehead atoms. The van der Waals surface area contributed by atoms with E-state index in [1.54, 1.807) is 0 Å². The van der Waals surface area contributed by atoms with Gasteiger partial charge in [-0.2, -0.15) is 0 Å². The minimum atomic E-state index is 0.566. The Kier molecular flexibility index (Phi) is 5.85. The lowest BCUT2D eigenvalue weighted by Crippen LogP contribution is -2.28. The minimum Gasteiger partial charge on any atom is -0.345 e. The van der Waals surface area contributed by atoms with E-state index in [0.29, 0.717) is 12.0 Å². The van der Waals surface area contributed by atoms with E-state index in [-0.39, 0.29) is 0 Å². The van der Waals surface area contributed by atoms with E-state index in [1.807, 2.05) is 11.3 Å². The third-order valence-electron chi connectivity index (χ3n) is 4.43. The van der Waals surface area contributed by atoms with Crippen LogP contribution in [0.5, 0.6) is 0 Å². The van der Waals surface area contributed by atoms with Gasteiger partial charge in [-0.1, -0.05) is 27.7 Å². The van der Waals surface area contributed by atoms with Gasteiger partial charge in [0.15, 0.2) is 5.13 Å². The van der Waals surface area contributed by atoms with E-state index in [2.05, 4.69) is 37.9 Å². The van der Waals surface area contributed by atoms with Crippen molar-refractivity contribution >= 4 is 16.5 Å². The number of hydrogen-bond donors (Lipinski definition) is 1. The Labute approximate surface area is 127 Å². The fourth-order valence-corrected chi connectivity index (χ4v) is 4.18. The predicted molar refractivity (Wildman–Crippen MR) is 88.9 cm³/mol. The van der Waals surface area contributed by atoms with Gasteiger partial charge in [-0.05, 0) is 38.1 Å². The summed E-state index contributed by atoms with van der Waals surface area (Å²) in [7, 11) is 0. The van der Waals surface area contributed by atoms with Crippen LogP contribution in [-0.2, 0) is 6.54 Å². The smallest absolute Gasteiger partial charge is 0.186 e. The van der Waals surface area contributed by atoms with Gasteiger partial charge in [0, 0.05) is 24.0 Å². The largest absolute Gasteiger partial charge is 0.345 e. The number of rotatable bonds is 7. The average molecular weight is 295 g/mol. The summed E-state index contributed by atoms with van der Waals surface area (Å²) in [6.45, 7) is 12.2. The van der Waals surface area contributed by atoms with Crippen LogP contribution in [-0.4, -0.2) is 24.1 Å². The van der Waals surface area contributed by atoms with Gasteiger partial charge in [-0.25, -0.2) is 4.98 Å². The molecule has 0 amide bonds. The quantitative estimate of drug-likeness (QED) is 0.819. The van der Waals surface area contributed by atoms with Gasteiger partial charge in [0.1, 0.15) is 0 Å². The highest BCUT2D eigenvalue weighted by Gasteiger charge is 2.27. The molecule has 0 aliphatic carbocycles. The second kappa shape index (κ2) is 7.41. The van der Waals surface area contributed by atoms with Crippen LogP contribution in [0.2, 0.25) is 0 Å². The Morgan fingerprint density at radius 1 is 1.40 bits per heavy atom. The number of hydrogen-bond acceptors (Lipinski definition) is 4. The Morgan fingerprint density at radius 2 is 2.20 bits per heavy atom. The molecule has 0 saturated carbocycles. The van der Waals surface area contributed by atoms with Crippen molar-refractivity contribution < 1.29 is 0 Å². The number of nitrogens with zero attached hydrogens (tertiary/aromatic N) is 2. The first-order valence-electron chi connectivity index (χ1n) is 8.18. The highest BCUT2D eigenvalue weighted by Crippen LogP contribution is 2.36. The van der Waals surface area contributed by atoms with Gasteiger partial charge in [-0.3, -0.25) is 0 Å². The molecular weight excluding hydrogens is 266 g/mol. The number of anilines is 1. The fraction of sp³-hybridized carbons (Fsp3) is 0.812. The molecule has 1 fully saturated rings. The highest BCUT2D eigenvalue weighted by molar-refractivity contribution is 7.15. The first-order chi connectivity index (χ1) is 9.71. The van der Waals surface area contributed by atoms with Gasteiger partial charge in [0.25, 0.3) is 0 Å². The van der Waals surface area contributed by atoms with Crippen molar-refractivity contribution in [3.63, 3.8) is 0 Å². The maximum atomic E-state index is 5.02. The van der Waals surface area contributed by atoms with Crippen molar-refractivity contribution in [1.29, 1.82) is 0 Å². The number of aromatic nitrogens is 1. The zero-order chi connectivity index (χ0) is 14.5. The summed E-state index contributed by atoms with van der Waals surface area (Å²) < 4.78 is 0. The Bertz CT molecular complexity index is 416. The summed E-state index contributed by atoms with van der Waals surface area (Å²) in [5, 5.41) is 4.73. The lowest BCUT2D eigenvalue weighted by molar-refractivity contribution is 0.639. The molecule has 4 heteroatoms. The molecule has 2 rings (SSSR count). The minimum absolute atomic E-state index is 0.566. The molecule has 1 aliphatic rings. The van der Waals surface area contributed by atoms with Crippen molar-refractivity contribution in [2.24, 2.45) is 0 Å². The van der Waals surface area contributed by atoms with Crippen LogP contribution in [0, 0.1) is 0 Å². The molecule has 20 heavy (non-hydrogen) atoms. The summed E-state index contributed by atoms with van der Waals surface area (Å²) >= 11 is 1.91. The van der Waals surface area contributed by atoms with Gasteiger partial charge in [0.2, 0.25) is 0 Å². The summed E-state index contributed by atoms with van der Waals surface area (Å²) in [5.74, 6) is 0.566. The monoisotopic (exact) mass is 295 g/mol. The van der Waals surface area contributed by atoms with E-state index in [9.17, 15) is 0 Å². The fourth-order valence-electron chi connectivity index (χ4n) is 2.93. The van der Waals surface area contributed by atoms with E-state index in [1.165, 1.54) is 47.9 Å². The molecule has 2 heterocycles. The third kappa shape index (κ3) is 3.34. The molecule has 3 nitrogen and oxygen atoms in total. The van der Waals surface area contributed by atoms with Gasteiger partial charge in [-0.15, -0.1) is 11.3 Å². The van der Waals surface area contributed by atoms with Crippen molar-refractivity contribution in [3.8, 4) is 0 Å². The molecule has 0 spiro atoms. The van der Waals surface area contributed by atoms with Crippen LogP contribution in [0.4, 0.5) is 5.13 Å². The van der Waals surface area contributed by atoms with Gasteiger partial charge < -0.3 is 10.2 Å². The van der Waals surface area contributed by atoms with Crippen LogP contribution in [0.15, 0.2) is 0 Å². The molecule has 1 aliphatic heterocycles. The van der Waals surface area contributed by atoms with Gasteiger partial charge >= 0.3 is 0 Å². The molecule has 1 aromatic heterocycles. The van der Waals surface area contributed by atoms with Crippen LogP contribution >= 0.6 is 11.3 Å². The lowest BCUT2D eigenvalue weighted by atomic mass is 10.0. The van der Waals surface area contributed by atoms with E-state index in [0.717, 1.165) is 13.1 Å². The van der Waals surface area contributed by atoms with E-state index in [4.69, 9.17) is 4.98 Å². The molecule has 1 saturated heterocycles. The second-order valence-electron chi connectivity index (χ2n) is 5.79. The molecule has 1 aromatic rings. The summed E-state index contributed by atoms with van der Waals surface area (Å²) in [6, 6.07) is 0.706. The maximum Gasteiger partial charge on any atom is 0.186 e. The van der Waals surface area contributed by atoms with Crippen molar-refractivity contribution in [1.82, 2.24) is 10.3 Å². The van der Waals surface area contributed by atoms with Crippen LogP contribution < -0.4 is 10.2 Å². The van der Waals surface area contributed by atoms with Crippen LogP contribution in [0.25, 0.3) is 0 Å². The van der Waals surface area contributed by atoms with Crippen LogP contribution in [0.1, 0.15) is 69.9 Å². The molecule has 2 unspecified atom stereocenters. The molecule has 0 radical (unpaired) electrons. The molecular formula is C16H29N3S. The molecule has 114 valence electrons. The predicted octanol–water partition coefficient (Wildman–Crippen LogP) is 4.14. The second-order valence-corrected chi connectivity index (χ2v) is 6.85. The van der Waals surface area contributed by atoms with Gasteiger partial charge in [0.05, 0.1) is 5.69 Å². The average Bonchev–Trinajstić information content (AvgIpc) is 3.09. The Morgan fingerprint density at radius 3 is 2.85 bits per heavy atom. The number of thiazole rings is 1. The van der Waals surface area contributed by atoms with E-state index < -0.39 is 0 Å². The summed E-state index contributed by atoms with van der Waals surface area (Å²) in [6.07, 6.45) is 5.05. The lowest BCUT2D eigenvalue weighted by Gasteiger charge is -2.22. The summed E-state index contributed by atoms with van der Waals surface area (Å²) in [4.78, 5) is 9.01. The zero-order valence-corrected chi connectivity index (χ0v) is 14.2. The first-order valence-corrected chi connectivity index (χ1v) is 8.99. The van der Waals surface area contributed by atoms with Crippen molar-refractivity contribution in [2.75, 3.05) is 18.0 Å². The highest BCUT2D eigenvalue weighted by atomic mass is 32.1. The number of nitrogens with one attached hydrogen (secondary N) is 1. The maximum absolute atomic E-state index is 5.02. The topological polar surface area (TPSA) is 28.2 Å². The van der Waals surface area contributed by atoms with Crippen molar-refractivity contribution in [3.05, 3.63) is 10.6 Å². The third-order valence-corrected chi connectivity index (χ3v) is 5.53. The van der Waals surface area contributed by atoms with Crippen LogP contribution in [0.3, 0.4) is 0 Å². The standard InChI is InChI=1S/C16H29N3S/c1-5-12(4)15-14(11-17-7-3)20-16(18-15)19-10-8-9-13(19)6-2/h12-13,17H,5-11H2,1-4H3. The normalized spacial score (nSPS) is 20.6. The first kappa shape index (κ1) is 15.8. The Balaban J connectivity index is 2.23. The molecule has 2 atom stereocenters. The molecule has 1 N–H and O–H groups in total. The van der Waals surface area contributed by atoms with E-state index >= 15 is 0 Å². The Hall–Kier alpha value is -0.610.